The van der Waals surface area contributed by atoms with E-state index in [0.717, 1.165) is 50.5 Å². The van der Waals surface area contributed by atoms with Crippen LogP contribution in [0.3, 0.4) is 0 Å². The summed E-state index contributed by atoms with van der Waals surface area (Å²) >= 11 is 0. The molecule has 2 aliphatic heterocycles. The summed E-state index contributed by atoms with van der Waals surface area (Å²) < 4.78 is 23.6. The molecule has 342 valence electrons. The maximum atomic E-state index is 13.2. The Balaban J connectivity index is 0.847. The van der Waals surface area contributed by atoms with Gasteiger partial charge in [0.25, 0.3) is 5.91 Å². The fraction of sp³-hybridized carbons (Fsp3) is 0.708. The van der Waals surface area contributed by atoms with Gasteiger partial charge in [-0.15, -0.1) is 0 Å². The van der Waals surface area contributed by atoms with Crippen LogP contribution in [0.1, 0.15) is 117 Å². The smallest absolute Gasteiger partial charge is 0.335 e. The third-order valence-electron chi connectivity index (χ3n) is 15.5. The molecule has 14 heteroatoms. The number of allylic oxidation sites excluding steroid dienone is 2. The molecule has 0 spiro atoms. The predicted octanol–water partition coefficient (Wildman–Crippen LogP) is 4.63. The van der Waals surface area contributed by atoms with Gasteiger partial charge in [-0.3, -0.25) is 14.4 Å². The molecule has 3 heterocycles. The Hall–Kier alpha value is -3.66. The molecule has 3 saturated carbocycles. The number of hydrogen-bond donors (Lipinski definition) is 5. The first-order chi connectivity index (χ1) is 29.1. The van der Waals surface area contributed by atoms with Crippen molar-refractivity contribution in [2.75, 3.05) is 32.9 Å². The van der Waals surface area contributed by atoms with Crippen LogP contribution in [-0.2, 0) is 28.6 Å². The van der Waals surface area contributed by atoms with Gasteiger partial charge in [0.15, 0.2) is 6.29 Å². The van der Waals surface area contributed by atoms with Gasteiger partial charge in [0.1, 0.15) is 12.2 Å². The van der Waals surface area contributed by atoms with Crippen molar-refractivity contribution in [2.45, 2.75) is 148 Å². The summed E-state index contributed by atoms with van der Waals surface area (Å²) in [5.41, 5.74) is 0.393. The van der Waals surface area contributed by atoms with Crippen molar-refractivity contribution in [3.8, 4) is 0 Å². The number of nitrogens with one attached hydrogen (secondary N) is 2. The number of aliphatic hydroxyl groups excluding tert-OH is 2. The van der Waals surface area contributed by atoms with Crippen LogP contribution in [0.5, 0.6) is 0 Å². The van der Waals surface area contributed by atoms with Crippen LogP contribution in [-0.4, -0.2) is 107 Å². The second-order valence-electron chi connectivity index (χ2n) is 21.1. The van der Waals surface area contributed by atoms with Gasteiger partial charge in [-0.25, -0.2) is 4.79 Å². The number of nitrogens with zero attached hydrogens (tertiary/aromatic N) is 1. The van der Waals surface area contributed by atoms with E-state index in [9.17, 15) is 34.5 Å². The molecule has 0 radical (unpaired) electrons. The van der Waals surface area contributed by atoms with Crippen LogP contribution >= 0.6 is 0 Å². The quantitative estimate of drug-likeness (QED) is 0.154. The summed E-state index contributed by atoms with van der Waals surface area (Å²) in [5.74, 6) is -0.0368. The van der Waals surface area contributed by atoms with E-state index in [4.69, 9.17) is 18.6 Å². The largest absolute Gasteiger partial charge is 0.431 e. The number of rotatable bonds is 15. The average molecular weight is 864 g/mol. The van der Waals surface area contributed by atoms with Crippen LogP contribution in [0.25, 0.3) is 0 Å². The lowest BCUT2D eigenvalue weighted by atomic mass is 9.45. The van der Waals surface area contributed by atoms with Gasteiger partial charge in [0.05, 0.1) is 43.8 Å². The monoisotopic (exact) mass is 863 g/mol. The normalized spacial score (nSPS) is 35.8. The van der Waals surface area contributed by atoms with E-state index in [1.54, 1.807) is 12.3 Å². The molecular formula is C48H69N3O11. The van der Waals surface area contributed by atoms with Crippen molar-refractivity contribution >= 4 is 17.7 Å². The van der Waals surface area contributed by atoms with E-state index in [0.29, 0.717) is 31.2 Å². The fourth-order valence-corrected chi connectivity index (χ4v) is 11.9. The Morgan fingerprint density at radius 1 is 0.952 bits per heavy atom. The molecule has 62 heavy (non-hydrogen) atoms. The van der Waals surface area contributed by atoms with Crippen molar-refractivity contribution < 1.29 is 48.3 Å². The lowest BCUT2D eigenvalue weighted by molar-refractivity contribution is -0.262. The molecule has 6 aliphatic rings. The maximum absolute atomic E-state index is 13.2. The number of ether oxygens (including phenoxy) is 3. The highest BCUT2D eigenvalue weighted by atomic mass is 16.7. The number of carbonyl (C=O) groups is 3. The van der Waals surface area contributed by atoms with E-state index in [2.05, 4.69) is 37.1 Å². The van der Waals surface area contributed by atoms with Crippen molar-refractivity contribution in [1.29, 1.82) is 0 Å². The molecule has 1 saturated heterocycles. The fourth-order valence-electron chi connectivity index (χ4n) is 11.9. The first-order valence-corrected chi connectivity index (χ1v) is 22.6. The molecule has 1 aromatic heterocycles. The summed E-state index contributed by atoms with van der Waals surface area (Å²) in [6, 6.07) is 2.52. The van der Waals surface area contributed by atoms with Crippen molar-refractivity contribution in [3.63, 3.8) is 0 Å². The molecular weight excluding hydrogens is 795 g/mol. The highest BCUT2D eigenvalue weighted by molar-refractivity contribution is 5.93. The molecule has 14 nitrogen and oxygen atoms in total. The minimum Gasteiger partial charge on any atom is -0.431 e. The number of hydrogen-bond acceptors (Lipinski definition) is 11. The SMILES string of the molecule is C=C1C=CC(=O)N1CCC(=O)NCC(C)(C)COCC(C)(C)CC(=O)NC1COC(OC2C=C3CCC4C(CCC5(C)C(c6ccc(=O)oc6)CCC45O)C3(C)CC2)C(O)C1O. The summed E-state index contributed by atoms with van der Waals surface area (Å²) in [4.78, 5) is 50.7. The molecule has 4 fully saturated rings. The number of amides is 3. The molecule has 1 aromatic rings. The van der Waals surface area contributed by atoms with E-state index >= 15 is 0 Å². The second-order valence-corrected chi connectivity index (χ2v) is 21.1. The van der Waals surface area contributed by atoms with Gasteiger partial charge >= 0.3 is 5.63 Å². The number of carbonyl (C=O) groups excluding carboxylic acids is 3. The first kappa shape index (κ1) is 46.3. The van der Waals surface area contributed by atoms with E-state index < -0.39 is 35.6 Å². The second kappa shape index (κ2) is 17.7. The molecule has 0 aromatic carbocycles. The summed E-state index contributed by atoms with van der Waals surface area (Å²) in [5, 5.41) is 40.6. The standard InChI is InChI=1S/C48H69N3O11/c1-29-8-12-39(54)51(29)21-17-37(52)49-26-45(4,5)28-59-27-44(2,3)23-38(53)50-36-25-61-43(42(57)41(36)56)62-32-14-18-46(6)31(22-32)10-11-35-34(46)15-19-47(7)33(16-20-48(35,47)58)30-9-13-40(55)60-24-30/h8-9,12-13,22,24,32-36,41-43,56-58H,1,10-11,14-21,23,25-28H2,2-7H3,(H,49,52)(H,50,53). The van der Waals surface area contributed by atoms with Gasteiger partial charge in [0.2, 0.25) is 11.8 Å². The van der Waals surface area contributed by atoms with Crippen molar-refractivity contribution in [3.05, 3.63) is 70.5 Å². The lowest BCUT2D eigenvalue weighted by Crippen LogP contribution is -2.61. The van der Waals surface area contributed by atoms with Crippen molar-refractivity contribution in [2.24, 2.45) is 33.5 Å². The van der Waals surface area contributed by atoms with Crippen LogP contribution in [0.2, 0.25) is 0 Å². The highest BCUT2D eigenvalue weighted by Gasteiger charge is 2.66. The zero-order chi connectivity index (χ0) is 44.8. The van der Waals surface area contributed by atoms with Gasteiger partial charge in [-0.2, -0.15) is 0 Å². The third-order valence-corrected chi connectivity index (χ3v) is 15.5. The van der Waals surface area contributed by atoms with Crippen LogP contribution in [0.15, 0.2) is 63.7 Å². The van der Waals surface area contributed by atoms with Crippen LogP contribution < -0.4 is 16.3 Å². The Morgan fingerprint density at radius 3 is 2.42 bits per heavy atom. The van der Waals surface area contributed by atoms with Gasteiger partial charge in [-0.1, -0.05) is 59.8 Å². The van der Waals surface area contributed by atoms with E-state index in [1.165, 1.54) is 22.6 Å². The Bertz CT molecular complexity index is 1950. The molecule has 5 N–H and O–H groups in total. The maximum Gasteiger partial charge on any atom is 0.335 e. The molecule has 11 unspecified atom stereocenters. The lowest BCUT2D eigenvalue weighted by Gasteiger charge is -2.62. The summed E-state index contributed by atoms with van der Waals surface area (Å²) in [6.07, 6.45) is 9.89. The molecule has 4 aliphatic carbocycles. The third kappa shape index (κ3) is 9.28. The minimum atomic E-state index is -1.37. The highest BCUT2D eigenvalue weighted by Crippen LogP contribution is 2.70. The van der Waals surface area contributed by atoms with Crippen LogP contribution in [0, 0.1) is 33.5 Å². The van der Waals surface area contributed by atoms with E-state index in [-0.39, 0.29) is 90.1 Å². The summed E-state index contributed by atoms with van der Waals surface area (Å²) in [7, 11) is 0. The van der Waals surface area contributed by atoms with Gasteiger partial charge in [-0.05, 0) is 97.7 Å². The molecule has 7 rings (SSSR count). The zero-order valence-corrected chi connectivity index (χ0v) is 37.5. The topological polar surface area (TPSA) is 197 Å². The Morgan fingerprint density at radius 2 is 1.71 bits per heavy atom. The molecule has 3 amide bonds. The zero-order valence-electron chi connectivity index (χ0n) is 37.5. The van der Waals surface area contributed by atoms with Crippen molar-refractivity contribution in [1.82, 2.24) is 15.5 Å². The first-order valence-electron chi connectivity index (χ1n) is 22.6. The van der Waals surface area contributed by atoms with Crippen LogP contribution in [0.4, 0.5) is 0 Å². The molecule has 11 atom stereocenters. The predicted molar refractivity (Wildman–Crippen MR) is 230 cm³/mol. The molecule has 0 bridgehead atoms. The Labute approximate surface area is 365 Å². The number of aliphatic hydroxyl groups is 3. The average Bonchev–Trinajstić information content (AvgIpc) is 3.68. The Kier molecular flexibility index (Phi) is 13.2. The minimum absolute atomic E-state index is 0.0241. The van der Waals surface area contributed by atoms with Gasteiger partial charge in [0, 0.05) is 54.6 Å². The summed E-state index contributed by atoms with van der Waals surface area (Å²) in [6.45, 7) is 17.4. The van der Waals surface area contributed by atoms with E-state index in [1.807, 2.05) is 33.8 Å². The number of fused-ring (bicyclic) bond motifs is 5. The van der Waals surface area contributed by atoms with Gasteiger partial charge < -0.3 is 49.5 Å².